The van der Waals surface area contributed by atoms with Gasteiger partial charge in [0, 0.05) is 18.0 Å². The number of methoxy groups -OCH3 is 1. The SMILES string of the molecule is COc1cccc(NC(C#N)c2cncs2)c1. The van der Waals surface area contributed by atoms with Gasteiger partial charge in [-0.25, -0.2) is 0 Å². The zero-order valence-corrected chi connectivity index (χ0v) is 10.1. The lowest BCUT2D eigenvalue weighted by molar-refractivity contribution is 0.415. The fourth-order valence-electron chi connectivity index (χ4n) is 1.41. The van der Waals surface area contributed by atoms with Crippen molar-refractivity contribution >= 4 is 17.0 Å². The summed E-state index contributed by atoms with van der Waals surface area (Å²) in [6.45, 7) is 0. The first-order chi connectivity index (χ1) is 8.33. The van der Waals surface area contributed by atoms with Crippen molar-refractivity contribution in [1.82, 2.24) is 4.98 Å². The Hall–Kier alpha value is -2.06. The molecule has 1 heterocycles. The number of ether oxygens (including phenoxy) is 1. The predicted octanol–water partition coefficient (Wildman–Crippen LogP) is 2.83. The number of hydrogen-bond acceptors (Lipinski definition) is 5. The monoisotopic (exact) mass is 245 g/mol. The summed E-state index contributed by atoms with van der Waals surface area (Å²) in [6.07, 6.45) is 1.70. The van der Waals surface area contributed by atoms with E-state index in [0.29, 0.717) is 0 Å². The van der Waals surface area contributed by atoms with E-state index in [9.17, 15) is 0 Å². The molecule has 0 aliphatic heterocycles. The van der Waals surface area contributed by atoms with Crippen molar-refractivity contribution in [3.05, 3.63) is 40.8 Å². The van der Waals surface area contributed by atoms with Gasteiger partial charge in [-0.1, -0.05) is 6.07 Å². The summed E-state index contributed by atoms with van der Waals surface area (Å²) < 4.78 is 5.13. The van der Waals surface area contributed by atoms with E-state index in [2.05, 4.69) is 16.4 Å². The molecule has 4 nitrogen and oxygen atoms in total. The number of nitrogens with zero attached hydrogens (tertiary/aromatic N) is 2. The molecule has 1 N–H and O–H groups in total. The van der Waals surface area contributed by atoms with Gasteiger partial charge in [0.05, 0.1) is 23.6 Å². The van der Waals surface area contributed by atoms with Crippen LogP contribution in [0.25, 0.3) is 0 Å². The average Bonchev–Trinajstić information content (AvgIpc) is 2.90. The summed E-state index contributed by atoms with van der Waals surface area (Å²) in [4.78, 5) is 4.87. The van der Waals surface area contributed by atoms with Crippen LogP contribution in [0, 0.1) is 11.3 Å². The number of rotatable bonds is 4. The molecule has 0 spiro atoms. The number of benzene rings is 1. The average molecular weight is 245 g/mol. The molecule has 1 aromatic heterocycles. The Morgan fingerprint density at radius 1 is 1.53 bits per heavy atom. The maximum atomic E-state index is 9.12. The van der Waals surface area contributed by atoms with Gasteiger partial charge in [0.15, 0.2) is 6.04 Å². The summed E-state index contributed by atoms with van der Waals surface area (Å²) in [6, 6.07) is 9.32. The lowest BCUT2D eigenvalue weighted by Gasteiger charge is -2.11. The second-order valence-electron chi connectivity index (χ2n) is 3.34. The van der Waals surface area contributed by atoms with Gasteiger partial charge in [0.1, 0.15) is 5.75 Å². The summed E-state index contributed by atoms with van der Waals surface area (Å²) >= 11 is 1.46. The quantitative estimate of drug-likeness (QED) is 0.899. The van der Waals surface area contributed by atoms with Crippen LogP contribution in [0.1, 0.15) is 10.9 Å². The van der Waals surface area contributed by atoms with Gasteiger partial charge in [-0.2, -0.15) is 5.26 Å². The van der Waals surface area contributed by atoms with Crippen molar-refractivity contribution in [2.75, 3.05) is 12.4 Å². The molecule has 0 saturated heterocycles. The van der Waals surface area contributed by atoms with Crippen LogP contribution in [0.5, 0.6) is 5.75 Å². The van der Waals surface area contributed by atoms with E-state index >= 15 is 0 Å². The van der Waals surface area contributed by atoms with Crippen LogP contribution >= 0.6 is 11.3 Å². The molecule has 0 aliphatic carbocycles. The van der Waals surface area contributed by atoms with E-state index in [1.54, 1.807) is 18.8 Å². The van der Waals surface area contributed by atoms with Gasteiger partial charge < -0.3 is 10.1 Å². The minimum absolute atomic E-state index is 0.380. The molecule has 0 amide bonds. The first kappa shape index (κ1) is 11.4. The molecule has 1 aromatic carbocycles. The highest BCUT2D eigenvalue weighted by molar-refractivity contribution is 7.09. The highest BCUT2D eigenvalue weighted by atomic mass is 32.1. The topological polar surface area (TPSA) is 57.9 Å². The maximum absolute atomic E-state index is 9.12. The highest BCUT2D eigenvalue weighted by Gasteiger charge is 2.11. The van der Waals surface area contributed by atoms with Crippen LogP contribution in [-0.4, -0.2) is 12.1 Å². The van der Waals surface area contributed by atoms with Crippen molar-refractivity contribution in [3.63, 3.8) is 0 Å². The van der Waals surface area contributed by atoms with E-state index in [1.165, 1.54) is 11.3 Å². The molecule has 17 heavy (non-hydrogen) atoms. The van der Waals surface area contributed by atoms with Gasteiger partial charge in [-0.15, -0.1) is 11.3 Å². The summed E-state index contributed by atoms with van der Waals surface area (Å²) in [5.74, 6) is 0.760. The van der Waals surface area contributed by atoms with Crippen molar-refractivity contribution in [1.29, 1.82) is 5.26 Å². The van der Waals surface area contributed by atoms with Gasteiger partial charge in [0.25, 0.3) is 0 Å². The minimum Gasteiger partial charge on any atom is -0.497 e. The van der Waals surface area contributed by atoms with Crippen LogP contribution in [0.2, 0.25) is 0 Å². The van der Waals surface area contributed by atoms with Gasteiger partial charge in [0.2, 0.25) is 0 Å². The fourth-order valence-corrected chi connectivity index (χ4v) is 2.03. The van der Waals surface area contributed by atoms with Crippen molar-refractivity contribution in [2.45, 2.75) is 6.04 Å². The van der Waals surface area contributed by atoms with Gasteiger partial charge >= 0.3 is 0 Å². The van der Waals surface area contributed by atoms with E-state index in [-0.39, 0.29) is 6.04 Å². The van der Waals surface area contributed by atoms with Gasteiger partial charge in [-0.3, -0.25) is 4.98 Å². The first-order valence-electron chi connectivity index (χ1n) is 5.02. The molecule has 1 atom stereocenters. The zero-order chi connectivity index (χ0) is 12.1. The number of nitriles is 1. The normalized spacial score (nSPS) is 11.5. The third-order valence-corrected chi connectivity index (χ3v) is 3.09. The summed E-state index contributed by atoms with van der Waals surface area (Å²) in [7, 11) is 1.62. The van der Waals surface area contributed by atoms with Gasteiger partial charge in [-0.05, 0) is 12.1 Å². The Bertz CT molecular complexity index is 519. The lowest BCUT2D eigenvalue weighted by atomic mass is 10.2. The molecule has 2 rings (SSSR count). The predicted molar refractivity (Wildman–Crippen MR) is 67.1 cm³/mol. The van der Waals surface area contributed by atoms with Crippen molar-refractivity contribution in [2.24, 2.45) is 0 Å². The Morgan fingerprint density at radius 2 is 2.41 bits per heavy atom. The van der Waals surface area contributed by atoms with E-state index in [4.69, 9.17) is 10.00 Å². The van der Waals surface area contributed by atoms with E-state index < -0.39 is 0 Å². The van der Waals surface area contributed by atoms with E-state index in [1.807, 2.05) is 24.3 Å². The Kier molecular flexibility index (Phi) is 3.58. The molecule has 0 fully saturated rings. The Labute approximate surface area is 103 Å². The molecule has 0 bridgehead atoms. The second-order valence-corrected chi connectivity index (χ2v) is 4.26. The summed E-state index contributed by atoms with van der Waals surface area (Å²) in [5.41, 5.74) is 2.57. The molecule has 0 radical (unpaired) electrons. The number of nitrogens with one attached hydrogen (secondary N) is 1. The van der Waals surface area contributed by atoms with Crippen LogP contribution in [0.3, 0.4) is 0 Å². The number of anilines is 1. The number of hydrogen-bond donors (Lipinski definition) is 1. The molecule has 86 valence electrons. The standard InChI is InChI=1S/C12H11N3OS/c1-16-10-4-2-3-9(5-10)15-11(6-13)12-7-14-8-17-12/h2-5,7-8,11,15H,1H3. The minimum atomic E-state index is -0.380. The second kappa shape index (κ2) is 5.32. The molecule has 2 aromatic rings. The number of aromatic nitrogens is 1. The molecule has 5 heteroatoms. The molecule has 0 aliphatic rings. The molecular formula is C12H11N3OS. The highest BCUT2D eigenvalue weighted by Crippen LogP contribution is 2.24. The third-order valence-electron chi connectivity index (χ3n) is 2.25. The molecule has 1 unspecified atom stereocenters. The van der Waals surface area contributed by atoms with Crippen molar-refractivity contribution < 1.29 is 4.74 Å². The van der Waals surface area contributed by atoms with Crippen molar-refractivity contribution in [3.8, 4) is 11.8 Å². The Morgan fingerprint density at radius 3 is 3.06 bits per heavy atom. The third kappa shape index (κ3) is 2.74. The molecular weight excluding hydrogens is 234 g/mol. The molecule has 0 saturated carbocycles. The summed E-state index contributed by atoms with van der Waals surface area (Å²) in [5, 5.41) is 12.3. The maximum Gasteiger partial charge on any atom is 0.151 e. The largest absolute Gasteiger partial charge is 0.497 e. The van der Waals surface area contributed by atoms with Crippen LogP contribution in [0.15, 0.2) is 36.0 Å². The smallest absolute Gasteiger partial charge is 0.151 e. The first-order valence-corrected chi connectivity index (χ1v) is 5.90. The van der Waals surface area contributed by atoms with E-state index in [0.717, 1.165) is 16.3 Å². The van der Waals surface area contributed by atoms with Crippen LogP contribution < -0.4 is 10.1 Å². The fraction of sp³-hybridized carbons (Fsp3) is 0.167. The lowest BCUT2D eigenvalue weighted by Crippen LogP contribution is -2.06. The zero-order valence-electron chi connectivity index (χ0n) is 9.25. The Balaban J connectivity index is 2.16. The number of thiazole rings is 1. The van der Waals surface area contributed by atoms with Crippen LogP contribution in [0.4, 0.5) is 5.69 Å². The van der Waals surface area contributed by atoms with Crippen LogP contribution in [-0.2, 0) is 0 Å².